The van der Waals surface area contributed by atoms with Crippen molar-refractivity contribution in [2.45, 2.75) is 68.3 Å². The van der Waals surface area contributed by atoms with E-state index in [-0.39, 0.29) is 0 Å². The fourth-order valence-corrected chi connectivity index (χ4v) is 2.52. The molecular weight excluding hydrogens is 304 g/mol. The van der Waals surface area contributed by atoms with Crippen molar-refractivity contribution >= 4 is 0 Å². The lowest BCUT2D eigenvalue weighted by atomic mass is 9.97. The minimum Gasteiger partial charge on any atom is -0.394 e. The molecule has 2 heterocycles. The van der Waals surface area contributed by atoms with Gasteiger partial charge < -0.3 is 50.0 Å². The zero-order valence-corrected chi connectivity index (χ0v) is 11.8. The Bertz CT molecular complexity index is 366. The molecule has 130 valence electrons. The van der Waals surface area contributed by atoms with Gasteiger partial charge in [0.2, 0.25) is 0 Å². The average Bonchev–Trinajstić information content (AvgIpc) is 2.50. The minimum absolute atomic E-state index is 0.630. The third kappa shape index (κ3) is 3.26. The highest BCUT2D eigenvalue weighted by Crippen LogP contribution is 2.28. The molecule has 2 aliphatic rings. The van der Waals surface area contributed by atoms with Gasteiger partial charge in [-0.05, 0) is 6.92 Å². The van der Waals surface area contributed by atoms with Crippen molar-refractivity contribution in [2.24, 2.45) is 0 Å². The summed E-state index contributed by atoms with van der Waals surface area (Å²) >= 11 is 0. The second-order valence-corrected chi connectivity index (χ2v) is 5.51. The number of ether oxygens (including phenoxy) is 3. The van der Waals surface area contributed by atoms with E-state index in [0.29, 0.717) is 0 Å². The van der Waals surface area contributed by atoms with Gasteiger partial charge in [0.05, 0.1) is 12.7 Å². The fourth-order valence-electron chi connectivity index (χ4n) is 2.52. The molecule has 10 atom stereocenters. The molecule has 22 heavy (non-hydrogen) atoms. The second kappa shape index (κ2) is 7.01. The lowest BCUT2D eigenvalue weighted by molar-refractivity contribution is -0.352. The number of rotatable bonds is 3. The van der Waals surface area contributed by atoms with Crippen LogP contribution in [0.5, 0.6) is 0 Å². The standard InChI is InChI=1S/C12H22O10/c1-3-5(14)6(15)9(18)12(20-3)22-10-4(2-13)21-11(19)8(17)7(10)16/h3-19H,2H2,1H3/t3-,4-,5-,6+,7-,8-,9-,10-,11+,12-/m1/s1. The second-order valence-electron chi connectivity index (χ2n) is 5.51. The number of hydrogen-bond acceptors (Lipinski definition) is 10. The SMILES string of the molecule is C[C@H]1O[C@H](O[C@H]2[C@H](O)[C@@H](O)[C@@H](O)O[C@@H]2CO)[C@H](O)[C@@H](O)[C@@H]1O. The van der Waals surface area contributed by atoms with Crippen LogP contribution in [0.2, 0.25) is 0 Å². The van der Waals surface area contributed by atoms with Crippen LogP contribution < -0.4 is 0 Å². The Kier molecular flexibility index (Phi) is 5.72. The van der Waals surface area contributed by atoms with E-state index >= 15 is 0 Å². The summed E-state index contributed by atoms with van der Waals surface area (Å²) in [4.78, 5) is 0. The summed E-state index contributed by atoms with van der Waals surface area (Å²) in [5, 5.41) is 67.3. The van der Waals surface area contributed by atoms with Crippen LogP contribution in [0.15, 0.2) is 0 Å². The summed E-state index contributed by atoms with van der Waals surface area (Å²) in [7, 11) is 0. The van der Waals surface area contributed by atoms with Gasteiger partial charge in [-0.1, -0.05) is 0 Å². The summed E-state index contributed by atoms with van der Waals surface area (Å²) in [6, 6.07) is 0. The molecule has 0 spiro atoms. The zero-order chi connectivity index (χ0) is 16.6. The third-order valence-electron chi connectivity index (χ3n) is 3.94. The maximum Gasteiger partial charge on any atom is 0.187 e. The smallest absolute Gasteiger partial charge is 0.187 e. The Balaban J connectivity index is 2.10. The van der Waals surface area contributed by atoms with Gasteiger partial charge in [0.25, 0.3) is 0 Å². The first-order valence-corrected chi connectivity index (χ1v) is 6.93. The van der Waals surface area contributed by atoms with Gasteiger partial charge in [0.15, 0.2) is 12.6 Å². The molecule has 0 amide bonds. The van der Waals surface area contributed by atoms with Gasteiger partial charge in [-0.15, -0.1) is 0 Å². The van der Waals surface area contributed by atoms with Crippen LogP contribution in [0, 0.1) is 0 Å². The predicted molar refractivity (Wildman–Crippen MR) is 67.2 cm³/mol. The van der Waals surface area contributed by atoms with Gasteiger partial charge in [0, 0.05) is 0 Å². The lowest BCUT2D eigenvalue weighted by Gasteiger charge is -2.44. The molecule has 0 aliphatic carbocycles. The Hall–Kier alpha value is -0.400. The van der Waals surface area contributed by atoms with Gasteiger partial charge in [-0.3, -0.25) is 0 Å². The van der Waals surface area contributed by atoms with Crippen LogP contribution in [0.1, 0.15) is 6.92 Å². The quantitative estimate of drug-likeness (QED) is 0.269. The van der Waals surface area contributed by atoms with Crippen LogP contribution in [-0.4, -0.2) is 104 Å². The molecule has 0 aromatic heterocycles. The first-order valence-electron chi connectivity index (χ1n) is 6.93. The normalized spacial score (nSPS) is 53.5. The van der Waals surface area contributed by atoms with Gasteiger partial charge >= 0.3 is 0 Å². The average molecular weight is 326 g/mol. The molecule has 0 radical (unpaired) electrons. The van der Waals surface area contributed by atoms with Crippen LogP contribution in [0.3, 0.4) is 0 Å². The highest BCUT2D eigenvalue weighted by molar-refractivity contribution is 4.93. The van der Waals surface area contributed by atoms with Crippen molar-refractivity contribution in [1.29, 1.82) is 0 Å². The molecule has 0 unspecified atom stereocenters. The molecule has 7 N–H and O–H groups in total. The highest BCUT2D eigenvalue weighted by Gasteiger charge is 2.49. The van der Waals surface area contributed by atoms with Gasteiger partial charge in [-0.2, -0.15) is 0 Å². The van der Waals surface area contributed by atoms with E-state index in [4.69, 9.17) is 14.2 Å². The first kappa shape index (κ1) is 17.9. The lowest BCUT2D eigenvalue weighted by Crippen LogP contribution is -2.63. The van der Waals surface area contributed by atoms with Crippen molar-refractivity contribution in [3.63, 3.8) is 0 Å². The van der Waals surface area contributed by atoms with E-state index in [1.165, 1.54) is 6.92 Å². The van der Waals surface area contributed by atoms with Crippen LogP contribution in [0.4, 0.5) is 0 Å². The van der Waals surface area contributed by atoms with Crippen molar-refractivity contribution in [3.8, 4) is 0 Å². The fraction of sp³-hybridized carbons (Fsp3) is 1.00. The first-order chi connectivity index (χ1) is 10.3. The van der Waals surface area contributed by atoms with Gasteiger partial charge in [-0.25, -0.2) is 0 Å². The number of aliphatic hydroxyl groups excluding tert-OH is 7. The van der Waals surface area contributed by atoms with Crippen molar-refractivity contribution in [2.75, 3.05) is 6.61 Å². The summed E-state index contributed by atoms with van der Waals surface area (Å²) < 4.78 is 15.4. The van der Waals surface area contributed by atoms with Crippen LogP contribution in [0.25, 0.3) is 0 Å². The molecule has 2 aliphatic heterocycles. The molecule has 2 rings (SSSR count). The molecule has 0 aromatic carbocycles. The van der Waals surface area contributed by atoms with E-state index < -0.39 is 68.0 Å². The molecule has 0 bridgehead atoms. The summed E-state index contributed by atoms with van der Waals surface area (Å²) in [5.74, 6) is 0. The number of aliphatic hydroxyl groups is 7. The summed E-state index contributed by atoms with van der Waals surface area (Å²) in [5.41, 5.74) is 0. The van der Waals surface area contributed by atoms with Gasteiger partial charge in [0.1, 0.15) is 42.7 Å². The Morgan fingerprint density at radius 2 is 1.45 bits per heavy atom. The van der Waals surface area contributed by atoms with Crippen LogP contribution in [-0.2, 0) is 14.2 Å². The van der Waals surface area contributed by atoms with E-state index in [1.54, 1.807) is 0 Å². The molecule has 0 aromatic rings. The minimum atomic E-state index is -1.70. The topological polar surface area (TPSA) is 169 Å². The molecular formula is C12H22O10. The van der Waals surface area contributed by atoms with Crippen molar-refractivity contribution in [1.82, 2.24) is 0 Å². The highest BCUT2D eigenvalue weighted by atomic mass is 16.7. The van der Waals surface area contributed by atoms with E-state index in [9.17, 15) is 35.7 Å². The number of hydrogen-bond donors (Lipinski definition) is 7. The predicted octanol–water partition coefficient (Wildman–Crippen LogP) is -4.37. The maximum absolute atomic E-state index is 9.93. The third-order valence-corrected chi connectivity index (χ3v) is 3.94. The zero-order valence-electron chi connectivity index (χ0n) is 11.8. The molecule has 2 saturated heterocycles. The Labute approximate surface area is 126 Å². The maximum atomic E-state index is 9.93. The monoisotopic (exact) mass is 326 g/mol. The molecule has 10 heteroatoms. The molecule has 2 fully saturated rings. The van der Waals surface area contributed by atoms with Crippen molar-refractivity contribution in [3.05, 3.63) is 0 Å². The van der Waals surface area contributed by atoms with E-state index in [2.05, 4.69) is 0 Å². The van der Waals surface area contributed by atoms with Crippen molar-refractivity contribution < 1.29 is 50.0 Å². The Morgan fingerprint density at radius 3 is 2.05 bits per heavy atom. The molecule has 0 saturated carbocycles. The summed E-state index contributed by atoms with van der Waals surface area (Å²) in [6.07, 6.45) is -14.2. The summed E-state index contributed by atoms with van der Waals surface area (Å²) in [6.45, 7) is 0.821. The van der Waals surface area contributed by atoms with E-state index in [1.807, 2.05) is 0 Å². The van der Waals surface area contributed by atoms with E-state index in [0.717, 1.165) is 0 Å². The van der Waals surface area contributed by atoms with Crippen LogP contribution >= 0.6 is 0 Å². The molecule has 10 nitrogen and oxygen atoms in total. The largest absolute Gasteiger partial charge is 0.394 e. The Morgan fingerprint density at radius 1 is 0.818 bits per heavy atom.